The number of aromatic nitrogens is 1. The highest BCUT2D eigenvalue weighted by Crippen LogP contribution is 2.35. The molecule has 2 heterocycles. The molecule has 1 aliphatic rings. The minimum Gasteiger partial charge on any atom is -0.493 e. The third-order valence-corrected chi connectivity index (χ3v) is 6.44. The van der Waals surface area contributed by atoms with Crippen LogP contribution in [0.3, 0.4) is 0 Å². The van der Waals surface area contributed by atoms with E-state index in [9.17, 15) is 4.79 Å². The molecule has 6 nitrogen and oxygen atoms in total. The van der Waals surface area contributed by atoms with Gasteiger partial charge in [-0.25, -0.2) is 4.98 Å². The molecule has 158 valence electrons. The van der Waals surface area contributed by atoms with Crippen molar-refractivity contribution in [3.8, 4) is 11.5 Å². The zero-order chi connectivity index (χ0) is 20.8. The van der Waals surface area contributed by atoms with Gasteiger partial charge in [0.05, 0.1) is 36.5 Å². The van der Waals surface area contributed by atoms with Crippen LogP contribution in [-0.4, -0.2) is 49.1 Å². The Kier molecular flexibility index (Phi) is 6.81. The highest BCUT2D eigenvalue weighted by atomic mass is 32.1. The van der Waals surface area contributed by atoms with Crippen molar-refractivity contribution in [1.29, 1.82) is 0 Å². The number of carbonyl (C=O) groups is 1. The van der Waals surface area contributed by atoms with Gasteiger partial charge in [0.15, 0.2) is 11.5 Å². The quantitative estimate of drug-likeness (QED) is 0.552. The first-order valence-electron chi connectivity index (χ1n) is 10.4. The van der Waals surface area contributed by atoms with Crippen molar-refractivity contribution in [3.63, 3.8) is 0 Å². The Hall–Kier alpha value is -2.64. The number of nitrogens with one attached hydrogen (secondary N) is 1. The van der Waals surface area contributed by atoms with Gasteiger partial charge >= 0.3 is 0 Å². The summed E-state index contributed by atoms with van der Waals surface area (Å²) in [5.74, 6) is 1.39. The Labute approximate surface area is 180 Å². The number of nitrogens with zero attached hydrogens (tertiary/aromatic N) is 2. The van der Waals surface area contributed by atoms with E-state index in [0.717, 1.165) is 29.9 Å². The van der Waals surface area contributed by atoms with Gasteiger partial charge < -0.3 is 14.8 Å². The van der Waals surface area contributed by atoms with Crippen LogP contribution in [0.1, 0.15) is 30.3 Å². The third-order valence-electron chi connectivity index (χ3n) is 5.31. The summed E-state index contributed by atoms with van der Waals surface area (Å²) in [7, 11) is 1.62. The number of amides is 1. The van der Waals surface area contributed by atoms with Gasteiger partial charge in [-0.2, -0.15) is 0 Å². The molecule has 1 aromatic heterocycles. The molecule has 1 aliphatic heterocycles. The Morgan fingerprint density at radius 2 is 1.97 bits per heavy atom. The molecule has 3 aromatic rings. The second kappa shape index (κ2) is 9.91. The van der Waals surface area contributed by atoms with Crippen LogP contribution in [0.15, 0.2) is 48.5 Å². The molecule has 2 aromatic carbocycles. The third kappa shape index (κ3) is 4.91. The molecular weight excluding hydrogens is 398 g/mol. The van der Waals surface area contributed by atoms with Crippen molar-refractivity contribution < 1.29 is 14.3 Å². The Balaban J connectivity index is 1.30. The number of rotatable bonds is 8. The number of thiazole rings is 1. The number of hydrogen-bond donors (Lipinski definition) is 1. The van der Waals surface area contributed by atoms with Crippen LogP contribution in [0.25, 0.3) is 10.2 Å². The number of hydrogen-bond acceptors (Lipinski definition) is 6. The summed E-state index contributed by atoms with van der Waals surface area (Å²) in [6.07, 6.45) is 3.33. The predicted molar refractivity (Wildman–Crippen MR) is 119 cm³/mol. The first-order chi connectivity index (χ1) is 14.7. The maximum Gasteiger partial charge on any atom is 0.234 e. The van der Waals surface area contributed by atoms with Gasteiger partial charge in [-0.3, -0.25) is 9.69 Å². The number of fused-ring (bicyclic) bond motifs is 1. The highest BCUT2D eigenvalue weighted by molar-refractivity contribution is 7.18. The number of carbonyl (C=O) groups excluding carboxylic acids is 1. The zero-order valence-corrected chi connectivity index (χ0v) is 18.0. The van der Waals surface area contributed by atoms with E-state index < -0.39 is 0 Å². The SMILES string of the molecule is COc1ccccc1OCCNC(=O)CN1CCCC[C@H]1c1nc2ccccc2s1. The monoisotopic (exact) mass is 425 g/mol. The molecule has 7 heteroatoms. The summed E-state index contributed by atoms with van der Waals surface area (Å²) in [5.41, 5.74) is 1.04. The normalized spacial score (nSPS) is 17.0. The summed E-state index contributed by atoms with van der Waals surface area (Å²) >= 11 is 1.74. The molecule has 1 saturated heterocycles. The lowest BCUT2D eigenvalue weighted by molar-refractivity contribution is -0.123. The molecule has 0 bridgehead atoms. The van der Waals surface area contributed by atoms with E-state index in [4.69, 9.17) is 14.5 Å². The van der Waals surface area contributed by atoms with E-state index in [-0.39, 0.29) is 11.9 Å². The molecule has 0 spiro atoms. The molecule has 4 rings (SSSR count). The van der Waals surface area contributed by atoms with Crippen LogP contribution >= 0.6 is 11.3 Å². The van der Waals surface area contributed by atoms with Gasteiger partial charge in [0.1, 0.15) is 11.6 Å². The maximum atomic E-state index is 12.5. The number of piperidine rings is 1. The molecule has 0 saturated carbocycles. The van der Waals surface area contributed by atoms with Crippen LogP contribution in [0.2, 0.25) is 0 Å². The fraction of sp³-hybridized carbons (Fsp3) is 0.391. The van der Waals surface area contributed by atoms with Gasteiger partial charge in [-0.1, -0.05) is 30.7 Å². The van der Waals surface area contributed by atoms with E-state index in [1.165, 1.54) is 11.1 Å². The summed E-state index contributed by atoms with van der Waals surface area (Å²) in [6, 6.07) is 15.9. The van der Waals surface area contributed by atoms with Crippen molar-refractivity contribution in [2.24, 2.45) is 0 Å². The second-order valence-corrected chi connectivity index (χ2v) is 8.41. The Bertz CT molecular complexity index is 957. The summed E-state index contributed by atoms with van der Waals surface area (Å²) in [6.45, 7) is 2.16. The molecule has 0 radical (unpaired) electrons. The van der Waals surface area contributed by atoms with E-state index >= 15 is 0 Å². The number of ether oxygens (including phenoxy) is 2. The highest BCUT2D eigenvalue weighted by Gasteiger charge is 2.28. The molecule has 30 heavy (non-hydrogen) atoms. The first kappa shape index (κ1) is 20.6. The van der Waals surface area contributed by atoms with Crippen molar-refractivity contribution in [2.75, 3.05) is 33.4 Å². The van der Waals surface area contributed by atoms with Gasteiger partial charge in [-0.05, 0) is 43.7 Å². The van der Waals surface area contributed by atoms with Crippen LogP contribution in [0.5, 0.6) is 11.5 Å². The van der Waals surface area contributed by atoms with Gasteiger partial charge in [-0.15, -0.1) is 11.3 Å². The summed E-state index contributed by atoms with van der Waals surface area (Å²) < 4.78 is 12.2. The number of para-hydroxylation sites is 3. The Morgan fingerprint density at radius 1 is 1.17 bits per heavy atom. The standard InChI is InChI=1S/C23H27N3O3S/c1-28-19-10-3-4-11-20(19)29-15-13-24-22(27)16-26-14-7-6-9-18(26)23-25-17-8-2-5-12-21(17)30-23/h2-5,8,10-12,18H,6-7,9,13-16H2,1H3,(H,24,27)/t18-/m0/s1. The van der Waals surface area contributed by atoms with Gasteiger partial charge in [0, 0.05) is 0 Å². The lowest BCUT2D eigenvalue weighted by Crippen LogP contribution is -2.42. The van der Waals surface area contributed by atoms with Crippen molar-refractivity contribution in [2.45, 2.75) is 25.3 Å². The van der Waals surface area contributed by atoms with Crippen LogP contribution in [0.4, 0.5) is 0 Å². The summed E-state index contributed by atoms with van der Waals surface area (Å²) in [4.78, 5) is 19.6. The molecular formula is C23H27N3O3S. The predicted octanol–water partition coefficient (Wildman–Crippen LogP) is 4.03. The first-order valence-corrected chi connectivity index (χ1v) is 11.2. The number of methoxy groups -OCH3 is 1. The topological polar surface area (TPSA) is 63.7 Å². The van der Waals surface area contributed by atoms with Crippen LogP contribution < -0.4 is 14.8 Å². The lowest BCUT2D eigenvalue weighted by Gasteiger charge is -2.33. The Morgan fingerprint density at radius 3 is 2.80 bits per heavy atom. The average Bonchev–Trinajstić information content (AvgIpc) is 3.21. The molecule has 1 fully saturated rings. The zero-order valence-electron chi connectivity index (χ0n) is 17.2. The minimum atomic E-state index is 0.0200. The van der Waals surface area contributed by atoms with Crippen molar-refractivity contribution >= 4 is 27.5 Å². The lowest BCUT2D eigenvalue weighted by atomic mass is 10.0. The molecule has 0 unspecified atom stereocenters. The van der Waals surface area contributed by atoms with E-state index in [0.29, 0.717) is 31.2 Å². The van der Waals surface area contributed by atoms with Crippen LogP contribution in [-0.2, 0) is 4.79 Å². The largest absolute Gasteiger partial charge is 0.493 e. The van der Waals surface area contributed by atoms with E-state index in [1.54, 1.807) is 18.4 Å². The maximum absolute atomic E-state index is 12.5. The number of benzene rings is 2. The van der Waals surface area contributed by atoms with Crippen molar-refractivity contribution in [3.05, 3.63) is 53.5 Å². The van der Waals surface area contributed by atoms with E-state index in [2.05, 4.69) is 22.3 Å². The van der Waals surface area contributed by atoms with Gasteiger partial charge in [0.25, 0.3) is 0 Å². The molecule has 1 atom stereocenters. The minimum absolute atomic E-state index is 0.0200. The van der Waals surface area contributed by atoms with E-state index in [1.807, 2.05) is 36.4 Å². The smallest absolute Gasteiger partial charge is 0.234 e. The molecule has 1 N–H and O–H groups in total. The second-order valence-electron chi connectivity index (χ2n) is 7.35. The summed E-state index contributed by atoms with van der Waals surface area (Å²) in [5, 5.41) is 4.09. The van der Waals surface area contributed by atoms with Crippen LogP contribution in [0, 0.1) is 0 Å². The van der Waals surface area contributed by atoms with Crippen molar-refractivity contribution in [1.82, 2.24) is 15.2 Å². The molecule has 0 aliphatic carbocycles. The number of likely N-dealkylation sites (tertiary alicyclic amines) is 1. The fourth-order valence-electron chi connectivity index (χ4n) is 3.82. The average molecular weight is 426 g/mol. The fourth-order valence-corrected chi connectivity index (χ4v) is 4.96. The molecule has 1 amide bonds. The van der Waals surface area contributed by atoms with Gasteiger partial charge in [0.2, 0.25) is 5.91 Å².